The summed E-state index contributed by atoms with van der Waals surface area (Å²) in [5.74, 6) is 2.29. The van der Waals surface area contributed by atoms with Gasteiger partial charge in [0, 0.05) is 10.5 Å². The van der Waals surface area contributed by atoms with Crippen LogP contribution in [-0.4, -0.2) is 15.9 Å². The highest BCUT2D eigenvalue weighted by Crippen LogP contribution is 2.34. The van der Waals surface area contributed by atoms with Gasteiger partial charge in [-0.15, -0.1) is 11.8 Å². The van der Waals surface area contributed by atoms with Crippen LogP contribution in [0.3, 0.4) is 0 Å². The topological polar surface area (TPSA) is 64.9 Å². The zero-order valence-electron chi connectivity index (χ0n) is 12.3. The Morgan fingerprint density at radius 3 is 2.57 bits per heavy atom. The van der Waals surface area contributed by atoms with Gasteiger partial charge in [-0.3, -0.25) is 0 Å². The number of aromatic nitrogens is 2. The van der Waals surface area contributed by atoms with Gasteiger partial charge in [-0.1, -0.05) is 31.3 Å². The van der Waals surface area contributed by atoms with Crippen LogP contribution in [-0.2, 0) is 5.54 Å². The molecule has 112 valence electrons. The van der Waals surface area contributed by atoms with Gasteiger partial charge in [-0.25, -0.2) is 0 Å². The third-order valence-corrected chi connectivity index (χ3v) is 4.92. The number of rotatable bonds is 4. The average Bonchev–Trinajstić information content (AvgIpc) is 3.00. The standard InChI is InChI=1S/C16H21N3OS/c1-2-21-13-8-6-12(7-9-13)14-18-15(20-19-14)16(17)10-4-3-5-11-16/h6-9H,2-5,10-11,17H2,1H3. The summed E-state index contributed by atoms with van der Waals surface area (Å²) in [4.78, 5) is 5.80. The van der Waals surface area contributed by atoms with E-state index in [1.165, 1.54) is 11.3 Å². The summed E-state index contributed by atoms with van der Waals surface area (Å²) >= 11 is 1.82. The van der Waals surface area contributed by atoms with Gasteiger partial charge in [-0.05, 0) is 42.9 Å². The maximum atomic E-state index is 6.44. The van der Waals surface area contributed by atoms with Crippen LogP contribution in [0, 0.1) is 0 Å². The molecule has 1 aliphatic rings. The van der Waals surface area contributed by atoms with Gasteiger partial charge in [0.25, 0.3) is 0 Å². The number of thioether (sulfide) groups is 1. The number of benzene rings is 1. The summed E-state index contributed by atoms with van der Waals surface area (Å²) in [6.45, 7) is 2.15. The van der Waals surface area contributed by atoms with Crippen molar-refractivity contribution in [3.63, 3.8) is 0 Å². The Morgan fingerprint density at radius 1 is 1.19 bits per heavy atom. The van der Waals surface area contributed by atoms with Gasteiger partial charge < -0.3 is 10.3 Å². The molecule has 4 nitrogen and oxygen atoms in total. The normalized spacial score (nSPS) is 17.8. The first kappa shape index (κ1) is 14.6. The highest BCUT2D eigenvalue weighted by Gasteiger charge is 2.35. The molecule has 1 aromatic heterocycles. The number of hydrogen-bond donors (Lipinski definition) is 1. The largest absolute Gasteiger partial charge is 0.337 e. The van der Waals surface area contributed by atoms with E-state index in [1.807, 2.05) is 23.9 Å². The molecular formula is C16H21N3OS. The molecule has 0 bridgehead atoms. The first-order valence-corrected chi connectivity index (χ1v) is 8.56. The first-order chi connectivity index (χ1) is 10.2. The Hall–Kier alpha value is -1.33. The molecule has 2 N–H and O–H groups in total. The van der Waals surface area contributed by atoms with Crippen LogP contribution < -0.4 is 5.73 Å². The van der Waals surface area contributed by atoms with Gasteiger partial charge in [0.2, 0.25) is 11.7 Å². The molecular weight excluding hydrogens is 282 g/mol. The van der Waals surface area contributed by atoms with Gasteiger partial charge in [-0.2, -0.15) is 4.98 Å². The third-order valence-electron chi connectivity index (χ3n) is 4.02. The minimum atomic E-state index is -0.429. The van der Waals surface area contributed by atoms with Crippen molar-refractivity contribution in [2.45, 2.75) is 49.5 Å². The Bertz CT molecular complexity index is 588. The molecule has 1 fully saturated rings. The summed E-state index contributed by atoms with van der Waals surface area (Å²) in [6, 6.07) is 8.27. The van der Waals surface area contributed by atoms with Crippen LogP contribution in [0.1, 0.15) is 44.9 Å². The second kappa shape index (κ2) is 6.20. The van der Waals surface area contributed by atoms with Crippen molar-refractivity contribution in [3.05, 3.63) is 30.2 Å². The Kier molecular flexibility index (Phi) is 4.31. The highest BCUT2D eigenvalue weighted by molar-refractivity contribution is 7.99. The minimum Gasteiger partial charge on any atom is -0.337 e. The molecule has 1 aromatic carbocycles. The Balaban J connectivity index is 1.80. The molecule has 0 saturated heterocycles. The minimum absolute atomic E-state index is 0.429. The van der Waals surface area contributed by atoms with Crippen LogP contribution >= 0.6 is 11.8 Å². The quantitative estimate of drug-likeness (QED) is 0.866. The lowest BCUT2D eigenvalue weighted by Crippen LogP contribution is -2.38. The van der Waals surface area contributed by atoms with Crippen molar-refractivity contribution < 1.29 is 4.52 Å². The summed E-state index contributed by atoms with van der Waals surface area (Å²) in [5.41, 5.74) is 6.98. The van der Waals surface area contributed by atoms with E-state index in [0.29, 0.717) is 11.7 Å². The lowest BCUT2D eigenvalue weighted by Gasteiger charge is -2.29. The van der Waals surface area contributed by atoms with E-state index in [4.69, 9.17) is 10.3 Å². The highest BCUT2D eigenvalue weighted by atomic mass is 32.2. The van der Waals surface area contributed by atoms with Gasteiger partial charge in [0.05, 0.1) is 5.54 Å². The van der Waals surface area contributed by atoms with Gasteiger partial charge in [0.1, 0.15) is 0 Å². The molecule has 0 spiro atoms. The second-order valence-electron chi connectivity index (χ2n) is 5.60. The van der Waals surface area contributed by atoms with E-state index in [1.54, 1.807) is 0 Å². The summed E-state index contributed by atoms with van der Waals surface area (Å²) < 4.78 is 5.45. The van der Waals surface area contributed by atoms with Crippen molar-refractivity contribution in [2.24, 2.45) is 5.73 Å². The van der Waals surface area contributed by atoms with E-state index in [-0.39, 0.29) is 0 Å². The maximum absolute atomic E-state index is 6.44. The van der Waals surface area contributed by atoms with Crippen LogP contribution in [0.25, 0.3) is 11.4 Å². The molecule has 0 atom stereocenters. The third kappa shape index (κ3) is 3.14. The van der Waals surface area contributed by atoms with Crippen LogP contribution in [0.2, 0.25) is 0 Å². The molecule has 3 rings (SSSR count). The zero-order valence-corrected chi connectivity index (χ0v) is 13.2. The zero-order chi connectivity index (χ0) is 14.7. The van der Waals surface area contributed by atoms with E-state index >= 15 is 0 Å². The monoisotopic (exact) mass is 303 g/mol. The number of hydrogen-bond acceptors (Lipinski definition) is 5. The molecule has 0 unspecified atom stereocenters. The van der Waals surface area contributed by atoms with Gasteiger partial charge in [0.15, 0.2) is 0 Å². The molecule has 0 aliphatic heterocycles. The van der Waals surface area contributed by atoms with Crippen molar-refractivity contribution in [2.75, 3.05) is 5.75 Å². The molecule has 5 heteroatoms. The van der Waals surface area contributed by atoms with Gasteiger partial charge >= 0.3 is 0 Å². The predicted molar refractivity (Wildman–Crippen MR) is 85.1 cm³/mol. The average molecular weight is 303 g/mol. The Labute approximate surface area is 129 Å². The fourth-order valence-electron chi connectivity index (χ4n) is 2.81. The van der Waals surface area contributed by atoms with Crippen molar-refractivity contribution >= 4 is 11.8 Å². The van der Waals surface area contributed by atoms with Crippen molar-refractivity contribution in [3.8, 4) is 11.4 Å². The molecule has 21 heavy (non-hydrogen) atoms. The Morgan fingerprint density at radius 2 is 1.90 bits per heavy atom. The smallest absolute Gasteiger partial charge is 0.247 e. The fraction of sp³-hybridized carbons (Fsp3) is 0.500. The summed E-state index contributed by atoms with van der Waals surface area (Å²) in [7, 11) is 0. The molecule has 0 radical (unpaired) electrons. The predicted octanol–water partition coefficient (Wildman–Crippen LogP) is 3.97. The number of nitrogens with zero attached hydrogens (tertiary/aromatic N) is 2. The van der Waals surface area contributed by atoms with Crippen molar-refractivity contribution in [1.29, 1.82) is 0 Å². The maximum Gasteiger partial charge on any atom is 0.247 e. The van der Waals surface area contributed by atoms with Crippen LogP contribution in [0.5, 0.6) is 0 Å². The lowest BCUT2D eigenvalue weighted by atomic mass is 9.82. The summed E-state index contributed by atoms with van der Waals surface area (Å²) in [5, 5.41) is 4.11. The molecule has 1 saturated carbocycles. The molecule has 0 amide bonds. The lowest BCUT2D eigenvalue weighted by molar-refractivity contribution is 0.220. The van der Waals surface area contributed by atoms with Crippen molar-refractivity contribution in [1.82, 2.24) is 10.1 Å². The molecule has 2 aromatic rings. The van der Waals surface area contributed by atoms with E-state index < -0.39 is 5.54 Å². The SMILES string of the molecule is CCSc1ccc(-c2noc(C3(N)CCCCC3)n2)cc1. The summed E-state index contributed by atoms with van der Waals surface area (Å²) in [6.07, 6.45) is 5.38. The molecule has 1 heterocycles. The van der Waals surface area contributed by atoms with E-state index in [9.17, 15) is 0 Å². The van der Waals surface area contributed by atoms with Crippen LogP contribution in [0.15, 0.2) is 33.7 Å². The fourth-order valence-corrected chi connectivity index (χ4v) is 3.47. The van der Waals surface area contributed by atoms with E-state index in [0.717, 1.165) is 37.0 Å². The first-order valence-electron chi connectivity index (χ1n) is 7.57. The number of nitrogens with two attached hydrogens (primary N) is 1. The van der Waals surface area contributed by atoms with Crippen LogP contribution in [0.4, 0.5) is 0 Å². The van der Waals surface area contributed by atoms with E-state index in [2.05, 4.69) is 29.2 Å². The second-order valence-corrected chi connectivity index (χ2v) is 6.93. The molecule has 1 aliphatic carbocycles.